The molecule has 5 aromatic carbocycles. The maximum atomic E-state index is 14.4. The van der Waals surface area contributed by atoms with Crippen molar-refractivity contribution < 1.29 is 33.9 Å². The molecule has 2 aliphatic rings. The first kappa shape index (κ1) is 55.3. The van der Waals surface area contributed by atoms with Gasteiger partial charge >= 0.3 is 5.97 Å². The minimum Gasteiger partial charge on any atom is -0.481 e. The topological polar surface area (TPSA) is 278 Å². The van der Waals surface area contributed by atoms with Crippen molar-refractivity contribution in [2.75, 3.05) is 13.1 Å². The van der Waals surface area contributed by atoms with Crippen LogP contribution in [-0.2, 0) is 54.6 Å². The summed E-state index contributed by atoms with van der Waals surface area (Å²) in [5.41, 5.74) is 21.4. The van der Waals surface area contributed by atoms with E-state index in [9.17, 15) is 33.9 Å². The van der Waals surface area contributed by atoms with Crippen LogP contribution in [0.5, 0.6) is 0 Å². The van der Waals surface area contributed by atoms with Crippen molar-refractivity contribution in [1.29, 1.82) is 0 Å². The van der Waals surface area contributed by atoms with Gasteiger partial charge in [-0.3, -0.25) is 33.8 Å². The largest absolute Gasteiger partial charge is 0.481 e. The summed E-state index contributed by atoms with van der Waals surface area (Å²) in [7, 11) is -2.43. The number of guanidine groups is 1. The van der Waals surface area contributed by atoms with E-state index in [2.05, 4.69) is 165 Å². The molecule has 18 nitrogen and oxygen atoms in total. The first-order chi connectivity index (χ1) is 37.6. The highest BCUT2D eigenvalue weighted by molar-refractivity contribution is 7.13. The molecule has 0 radical (unpaired) electrons. The standard InChI is InChI=1S/C59H65N11O7Si/c1-4-37-22-26-42(27-23-37)53-51(40-17-10-6-11-18-40)52(41-19-12-7-13-20-41)54(78(53,2)3)43-28-24-39(25-29-43)35-70-36-44(68-69-70)32-47-57(76)65-45(21-14-30-62-59(60)61)55(74)63-34-49(71)64-48(33-50(72)73)58(77)66-46(56(75)67-47)31-38-15-8-5-9-16-38/h5-13,15-20,22-29,36,45-48H,4,14,21,30-35H2,1-3H3,(H,63,74)(H,64,71)(H,65,76)(H,66,77)(H,67,75)(H,72,73)(H4,60,61,62)/t45-,46+,47-,48-/m0/s1. The van der Waals surface area contributed by atoms with E-state index in [0.29, 0.717) is 17.8 Å². The number of aryl methyl sites for hydroxylation is 1. The fraction of sp³-hybridized carbons (Fsp3) is 0.271. The Morgan fingerprint density at radius 1 is 0.628 bits per heavy atom. The van der Waals surface area contributed by atoms with E-state index in [1.54, 1.807) is 41.2 Å². The molecule has 6 aromatic rings. The SMILES string of the molecule is CCc1ccc(C2=C(c3ccccc3)C(c3ccccc3)=C(c3ccc(Cn4cc(C[C@@H]5NC(=O)[C@@H](Cc6ccccc6)NC(=O)[C@H](CC(=O)O)NC(=O)CNC(=O)[C@H](CCCN=C(N)N)NC5=O)nn4)cc3)[Si]2(C)C)cc1. The second-order valence-electron chi connectivity index (χ2n) is 20.0. The average molecular weight is 1070 g/mol. The third kappa shape index (κ3) is 13.7. The molecule has 8 rings (SSSR count). The first-order valence-electron chi connectivity index (χ1n) is 26.1. The second kappa shape index (κ2) is 25.2. The van der Waals surface area contributed by atoms with E-state index in [1.807, 2.05) is 6.07 Å². The number of carbonyl (C=O) groups excluding carboxylic acids is 5. The van der Waals surface area contributed by atoms with Crippen LogP contribution in [0, 0.1) is 0 Å². The number of carbonyl (C=O) groups is 6. The molecule has 19 heteroatoms. The quantitative estimate of drug-likeness (QED) is 0.0271. The van der Waals surface area contributed by atoms with Crippen molar-refractivity contribution in [3.8, 4) is 0 Å². The Morgan fingerprint density at radius 2 is 1.14 bits per heavy atom. The molecule has 0 spiro atoms. The maximum absolute atomic E-state index is 14.4. The van der Waals surface area contributed by atoms with Gasteiger partial charge in [0.05, 0.1) is 25.2 Å². The highest BCUT2D eigenvalue weighted by atomic mass is 28.3. The number of amides is 5. The zero-order chi connectivity index (χ0) is 55.3. The van der Waals surface area contributed by atoms with E-state index < -0.39 is 80.7 Å². The van der Waals surface area contributed by atoms with Gasteiger partial charge in [0.25, 0.3) is 0 Å². The lowest BCUT2D eigenvalue weighted by Crippen LogP contribution is -2.58. The number of rotatable bonds is 17. The molecule has 10 N–H and O–H groups in total. The third-order valence-corrected chi connectivity index (χ3v) is 17.5. The van der Waals surface area contributed by atoms with Crippen LogP contribution in [0.2, 0.25) is 13.1 Å². The number of nitrogens with one attached hydrogen (secondary N) is 5. The monoisotopic (exact) mass is 1070 g/mol. The number of nitrogens with two attached hydrogens (primary N) is 2. The summed E-state index contributed by atoms with van der Waals surface area (Å²) >= 11 is 0. The molecule has 402 valence electrons. The van der Waals surface area contributed by atoms with E-state index >= 15 is 0 Å². The van der Waals surface area contributed by atoms with Gasteiger partial charge in [-0.05, 0) is 79.7 Å². The molecule has 2 aliphatic heterocycles. The first-order valence-corrected chi connectivity index (χ1v) is 29.1. The van der Waals surface area contributed by atoms with Gasteiger partial charge < -0.3 is 43.2 Å². The Morgan fingerprint density at radius 3 is 1.68 bits per heavy atom. The number of nitrogens with zero attached hydrogens (tertiary/aromatic N) is 4. The van der Waals surface area contributed by atoms with Crippen LogP contribution in [0.4, 0.5) is 0 Å². The number of allylic oxidation sites excluding steroid dienone is 2. The molecule has 0 saturated carbocycles. The maximum Gasteiger partial charge on any atom is 0.305 e. The van der Waals surface area contributed by atoms with Crippen LogP contribution in [0.15, 0.2) is 151 Å². The van der Waals surface area contributed by atoms with Gasteiger partial charge in [-0.2, -0.15) is 0 Å². The van der Waals surface area contributed by atoms with Crippen LogP contribution >= 0.6 is 0 Å². The number of carboxylic acid groups (broad SMARTS) is 1. The fourth-order valence-corrected chi connectivity index (χ4v) is 14.0. The number of aromatic nitrogens is 3. The van der Waals surface area contributed by atoms with Crippen molar-refractivity contribution in [2.24, 2.45) is 16.5 Å². The Balaban J connectivity index is 1.09. The number of benzene rings is 5. The zero-order valence-corrected chi connectivity index (χ0v) is 44.9. The Labute approximate surface area is 453 Å². The minimum atomic E-state index is -2.43. The fourth-order valence-electron chi connectivity index (χ4n) is 10.2. The van der Waals surface area contributed by atoms with Crippen LogP contribution in [0.25, 0.3) is 21.5 Å². The lowest BCUT2D eigenvalue weighted by Gasteiger charge is -2.27. The number of hydrogen-bond acceptors (Lipinski definition) is 9. The van der Waals surface area contributed by atoms with Crippen molar-refractivity contribution in [1.82, 2.24) is 41.6 Å². The summed E-state index contributed by atoms with van der Waals surface area (Å²) in [5.74, 6) is -5.73. The Hall–Kier alpha value is -8.97. The summed E-state index contributed by atoms with van der Waals surface area (Å²) in [5, 5.41) is 34.1. The molecular formula is C59H65N11O7Si. The molecule has 1 saturated heterocycles. The zero-order valence-electron chi connectivity index (χ0n) is 43.9. The highest BCUT2D eigenvalue weighted by Gasteiger charge is 2.44. The molecule has 3 heterocycles. The molecule has 0 unspecified atom stereocenters. The van der Waals surface area contributed by atoms with Crippen LogP contribution in [0.1, 0.15) is 70.8 Å². The smallest absolute Gasteiger partial charge is 0.305 e. The Kier molecular flexibility index (Phi) is 17.9. The van der Waals surface area contributed by atoms with Gasteiger partial charge in [0, 0.05) is 25.6 Å². The van der Waals surface area contributed by atoms with Crippen molar-refractivity contribution in [3.05, 3.63) is 190 Å². The summed E-state index contributed by atoms with van der Waals surface area (Å²) in [6.07, 6.45) is 1.81. The lowest BCUT2D eigenvalue weighted by atomic mass is 9.89. The number of hydrogen-bond donors (Lipinski definition) is 8. The molecule has 0 aliphatic carbocycles. The lowest BCUT2D eigenvalue weighted by molar-refractivity contribution is -0.141. The highest BCUT2D eigenvalue weighted by Crippen LogP contribution is 2.55. The molecule has 1 aromatic heterocycles. The summed E-state index contributed by atoms with van der Waals surface area (Å²) in [6.45, 7) is 6.82. The van der Waals surface area contributed by atoms with Crippen molar-refractivity contribution in [3.63, 3.8) is 0 Å². The third-order valence-electron chi connectivity index (χ3n) is 13.9. The summed E-state index contributed by atoms with van der Waals surface area (Å²) in [6, 6.07) is 42.0. The number of carboxylic acids is 1. The van der Waals surface area contributed by atoms with E-state index in [4.69, 9.17) is 11.5 Å². The molecule has 1 fully saturated rings. The van der Waals surface area contributed by atoms with Gasteiger partial charge in [0.15, 0.2) is 5.96 Å². The molecule has 5 amide bonds. The van der Waals surface area contributed by atoms with Gasteiger partial charge in [0.2, 0.25) is 29.5 Å². The molecule has 0 bridgehead atoms. The average Bonchev–Trinajstić information content (AvgIpc) is 4.17. The van der Waals surface area contributed by atoms with Gasteiger partial charge in [-0.1, -0.05) is 165 Å². The van der Waals surface area contributed by atoms with Crippen LogP contribution in [0.3, 0.4) is 0 Å². The van der Waals surface area contributed by atoms with Crippen LogP contribution in [-0.4, -0.2) is 107 Å². The summed E-state index contributed by atoms with van der Waals surface area (Å²) < 4.78 is 1.64. The van der Waals surface area contributed by atoms with Gasteiger partial charge in [-0.25, -0.2) is 4.68 Å². The molecule has 78 heavy (non-hydrogen) atoms. The van der Waals surface area contributed by atoms with Crippen molar-refractivity contribution >= 4 is 71.1 Å². The molecular weight excluding hydrogens is 1000 g/mol. The normalized spacial score (nSPS) is 19.1. The van der Waals surface area contributed by atoms with Gasteiger partial charge in [-0.15, -0.1) is 5.10 Å². The van der Waals surface area contributed by atoms with Crippen molar-refractivity contribution in [2.45, 2.75) is 89.3 Å². The second-order valence-corrected chi connectivity index (χ2v) is 24.2. The van der Waals surface area contributed by atoms with Gasteiger partial charge in [0.1, 0.15) is 32.2 Å². The van der Waals surface area contributed by atoms with Crippen LogP contribution < -0.4 is 38.1 Å². The predicted octanol–water partition coefficient (Wildman–Crippen LogP) is 4.59. The van der Waals surface area contributed by atoms with E-state index in [-0.39, 0.29) is 38.2 Å². The van der Waals surface area contributed by atoms with E-state index in [1.165, 1.54) is 38.2 Å². The number of aliphatic carboxylic acids is 1. The molecule has 4 atom stereocenters. The number of aliphatic imine (C=N–C) groups is 1. The predicted molar refractivity (Wildman–Crippen MR) is 302 cm³/mol. The Bertz CT molecular complexity index is 3230. The summed E-state index contributed by atoms with van der Waals surface area (Å²) in [4.78, 5) is 85.1. The van der Waals surface area contributed by atoms with E-state index in [0.717, 1.165) is 23.1 Å². The minimum absolute atomic E-state index is 0.0210.